The Bertz CT molecular complexity index is 361. The van der Waals surface area contributed by atoms with Crippen LogP contribution in [0.4, 0.5) is 0 Å². The van der Waals surface area contributed by atoms with Gasteiger partial charge < -0.3 is 11.1 Å². The maximum absolute atomic E-state index is 11.5. The monoisotopic (exact) mass is 334 g/mol. The van der Waals surface area contributed by atoms with Gasteiger partial charge in [-0.15, -0.1) is 12.4 Å². The Hall–Kier alpha value is -0.580. The number of nitrogens with one attached hydrogen (secondary N) is 1. The van der Waals surface area contributed by atoms with Gasteiger partial charge in [-0.1, -0.05) is 28.1 Å². The van der Waals surface area contributed by atoms with Crippen molar-refractivity contribution in [1.82, 2.24) is 5.32 Å². The topological polar surface area (TPSA) is 55.1 Å². The maximum atomic E-state index is 11.5. The van der Waals surface area contributed by atoms with Gasteiger partial charge in [-0.25, -0.2) is 0 Å². The maximum Gasteiger partial charge on any atom is 0.220 e. The molecule has 1 amide bonds. The van der Waals surface area contributed by atoms with Crippen LogP contribution in [0.2, 0.25) is 0 Å². The summed E-state index contributed by atoms with van der Waals surface area (Å²) in [6, 6.07) is 8.04. The van der Waals surface area contributed by atoms with E-state index in [0.29, 0.717) is 13.0 Å². The SMILES string of the molecule is Cl.NCCCCNC(=O)CCc1cccc(Br)c1. The minimum absolute atomic E-state index is 0. The first-order valence-corrected chi connectivity index (χ1v) is 6.73. The summed E-state index contributed by atoms with van der Waals surface area (Å²) in [7, 11) is 0. The third-order valence-electron chi connectivity index (χ3n) is 2.48. The van der Waals surface area contributed by atoms with E-state index in [4.69, 9.17) is 5.73 Å². The molecule has 1 aromatic carbocycles. The number of carbonyl (C=O) groups is 1. The smallest absolute Gasteiger partial charge is 0.220 e. The lowest BCUT2D eigenvalue weighted by Crippen LogP contribution is -2.25. The molecule has 3 N–H and O–H groups in total. The molecule has 102 valence electrons. The van der Waals surface area contributed by atoms with E-state index in [0.717, 1.165) is 30.3 Å². The lowest BCUT2D eigenvalue weighted by Gasteiger charge is -2.05. The van der Waals surface area contributed by atoms with Gasteiger partial charge in [0, 0.05) is 17.4 Å². The summed E-state index contributed by atoms with van der Waals surface area (Å²) in [4.78, 5) is 11.5. The van der Waals surface area contributed by atoms with Crippen LogP contribution in [-0.4, -0.2) is 19.0 Å². The molecule has 1 aromatic rings. The normalized spacial score (nSPS) is 9.67. The predicted molar refractivity (Wildman–Crippen MR) is 81.0 cm³/mol. The lowest BCUT2D eigenvalue weighted by atomic mass is 10.1. The second-order valence-electron chi connectivity index (χ2n) is 3.98. The third-order valence-corrected chi connectivity index (χ3v) is 2.98. The quantitative estimate of drug-likeness (QED) is 0.753. The predicted octanol–water partition coefficient (Wildman–Crippen LogP) is 2.66. The van der Waals surface area contributed by atoms with E-state index in [-0.39, 0.29) is 18.3 Å². The molecule has 18 heavy (non-hydrogen) atoms. The Morgan fingerprint density at radius 2 is 2.11 bits per heavy atom. The highest BCUT2D eigenvalue weighted by Crippen LogP contribution is 2.12. The Morgan fingerprint density at radius 3 is 2.78 bits per heavy atom. The highest BCUT2D eigenvalue weighted by Gasteiger charge is 2.01. The second kappa shape index (κ2) is 10.4. The minimum Gasteiger partial charge on any atom is -0.356 e. The molecule has 0 atom stereocenters. The number of aryl methyl sites for hydroxylation is 1. The van der Waals surface area contributed by atoms with Crippen molar-refractivity contribution < 1.29 is 4.79 Å². The van der Waals surface area contributed by atoms with Crippen molar-refractivity contribution in [3.05, 3.63) is 34.3 Å². The number of benzene rings is 1. The number of halogens is 2. The molecule has 0 aliphatic carbocycles. The van der Waals surface area contributed by atoms with Crippen LogP contribution in [0.5, 0.6) is 0 Å². The zero-order valence-corrected chi connectivity index (χ0v) is 12.7. The molecule has 0 fully saturated rings. The molecule has 0 aliphatic heterocycles. The summed E-state index contributed by atoms with van der Waals surface area (Å²) in [5.74, 6) is 0.113. The van der Waals surface area contributed by atoms with Gasteiger partial charge in [0.25, 0.3) is 0 Å². The summed E-state index contributed by atoms with van der Waals surface area (Å²) in [5.41, 5.74) is 6.55. The largest absolute Gasteiger partial charge is 0.356 e. The van der Waals surface area contributed by atoms with Crippen molar-refractivity contribution in [1.29, 1.82) is 0 Å². The molecule has 0 spiro atoms. The van der Waals surface area contributed by atoms with Gasteiger partial charge in [0.1, 0.15) is 0 Å². The summed E-state index contributed by atoms with van der Waals surface area (Å²) >= 11 is 3.42. The van der Waals surface area contributed by atoms with Gasteiger partial charge in [0.05, 0.1) is 0 Å². The fourth-order valence-electron chi connectivity index (χ4n) is 1.54. The molecule has 5 heteroatoms. The van der Waals surface area contributed by atoms with Crippen molar-refractivity contribution in [3.63, 3.8) is 0 Å². The Balaban J connectivity index is 0.00000289. The van der Waals surface area contributed by atoms with Crippen LogP contribution in [0, 0.1) is 0 Å². The Labute approximate surface area is 123 Å². The van der Waals surface area contributed by atoms with Crippen LogP contribution in [-0.2, 0) is 11.2 Å². The fraction of sp³-hybridized carbons (Fsp3) is 0.462. The molecule has 0 unspecified atom stereocenters. The van der Waals surface area contributed by atoms with Gasteiger partial charge in [-0.2, -0.15) is 0 Å². The summed E-state index contributed by atoms with van der Waals surface area (Å²) in [6.07, 6.45) is 3.24. The molecule has 1 rings (SSSR count). The highest BCUT2D eigenvalue weighted by molar-refractivity contribution is 9.10. The van der Waals surface area contributed by atoms with Crippen LogP contribution in [0.15, 0.2) is 28.7 Å². The van der Waals surface area contributed by atoms with Crippen LogP contribution in [0.3, 0.4) is 0 Å². The van der Waals surface area contributed by atoms with E-state index >= 15 is 0 Å². The van der Waals surface area contributed by atoms with Gasteiger partial charge in [-0.3, -0.25) is 4.79 Å². The number of hydrogen-bond donors (Lipinski definition) is 2. The van der Waals surface area contributed by atoms with Crippen molar-refractivity contribution in [2.24, 2.45) is 5.73 Å². The van der Waals surface area contributed by atoms with Crippen molar-refractivity contribution in [2.75, 3.05) is 13.1 Å². The molecule has 0 saturated heterocycles. The van der Waals surface area contributed by atoms with Crippen LogP contribution >= 0.6 is 28.3 Å². The molecule has 0 aliphatic rings. The number of nitrogens with two attached hydrogens (primary N) is 1. The first-order chi connectivity index (χ1) is 8.22. The average molecular weight is 336 g/mol. The van der Waals surface area contributed by atoms with Crippen LogP contribution < -0.4 is 11.1 Å². The zero-order valence-electron chi connectivity index (χ0n) is 10.3. The number of rotatable bonds is 7. The standard InChI is InChI=1S/C13H19BrN2O.ClH/c14-12-5-3-4-11(10-12)6-7-13(17)16-9-2-1-8-15;/h3-5,10H,1-2,6-9,15H2,(H,16,17);1H. The molecule has 0 saturated carbocycles. The molecule has 0 bridgehead atoms. The molecule has 0 aromatic heterocycles. The van der Waals surface area contributed by atoms with E-state index in [1.54, 1.807) is 0 Å². The fourth-order valence-corrected chi connectivity index (χ4v) is 1.98. The molecular formula is C13H20BrClN2O. The lowest BCUT2D eigenvalue weighted by molar-refractivity contribution is -0.121. The van der Waals surface area contributed by atoms with E-state index in [1.165, 1.54) is 5.56 Å². The third kappa shape index (κ3) is 7.69. The van der Waals surface area contributed by atoms with Gasteiger partial charge in [0.2, 0.25) is 5.91 Å². The number of amides is 1. The molecular weight excluding hydrogens is 316 g/mol. The van der Waals surface area contributed by atoms with E-state index < -0.39 is 0 Å². The first-order valence-electron chi connectivity index (χ1n) is 5.93. The van der Waals surface area contributed by atoms with Crippen molar-refractivity contribution in [2.45, 2.75) is 25.7 Å². The van der Waals surface area contributed by atoms with Gasteiger partial charge in [0.15, 0.2) is 0 Å². The van der Waals surface area contributed by atoms with Crippen LogP contribution in [0.1, 0.15) is 24.8 Å². The highest BCUT2D eigenvalue weighted by atomic mass is 79.9. The van der Waals surface area contributed by atoms with Crippen molar-refractivity contribution in [3.8, 4) is 0 Å². The van der Waals surface area contributed by atoms with E-state index in [2.05, 4.69) is 21.2 Å². The average Bonchev–Trinajstić information content (AvgIpc) is 2.32. The zero-order chi connectivity index (χ0) is 12.5. The first kappa shape index (κ1) is 17.4. The van der Waals surface area contributed by atoms with E-state index in [9.17, 15) is 4.79 Å². The minimum atomic E-state index is 0. The van der Waals surface area contributed by atoms with Crippen molar-refractivity contribution >= 4 is 34.2 Å². The summed E-state index contributed by atoms with van der Waals surface area (Å²) in [5, 5.41) is 2.90. The number of unbranched alkanes of at least 4 members (excludes halogenated alkanes) is 1. The Morgan fingerprint density at radius 1 is 1.33 bits per heavy atom. The summed E-state index contributed by atoms with van der Waals surface area (Å²) < 4.78 is 1.05. The second-order valence-corrected chi connectivity index (χ2v) is 4.89. The van der Waals surface area contributed by atoms with Gasteiger partial charge >= 0.3 is 0 Å². The Kier molecular flexibility index (Phi) is 10.0. The van der Waals surface area contributed by atoms with Crippen LogP contribution in [0.25, 0.3) is 0 Å². The molecule has 3 nitrogen and oxygen atoms in total. The summed E-state index contributed by atoms with van der Waals surface area (Å²) in [6.45, 7) is 1.42. The molecule has 0 heterocycles. The molecule has 0 radical (unpaired) electrons. The number of hydrogen-bond acceptors (Lipinski definition) is 2. The van der Waals surface area contributed by atoms with E-state index in [1.807, 2.05) is 24.3 Å². The number of carbonyl (C=O) groups excluding carboxylic acids is 1. The van der Waals surface area contributed by atoms with Gasteiger partial charge in [-0.05, 0) is 43.5 Å².